The second-order valence-electron chi connectivity index (χ2n) is 2.90. The average molecular weight is 259 g/mol. The van der Waals surface area contributed by atoms with Crippen molar-refractivity contribution in [3.05, 3.63) is 47.7 Å². The lowest BCUT2D eigenvalue weighted by molar-refractivity contribution is 0.240. The summed E-state index contributed by atoms with van der Waals surface area (Å²) in [5.41, 5.74) is 0. The predicted molar refractivity (Wildman–Crippen MR) is 57.4 cm³/mol. The van der Waals surface area contributed by atoms with Crippen molar-refractivity contribution in [3.8, 4) is 0 Å². The predicted octanol–water partition coefficient (Wildman–Crippen LogP) is 1.35. The number of hydrogen-bond donors (Lipinski definition) is 0. The fourth-order valence-electron chi connectivity index (χ4n) is 1.06. The van der Waals surface area contributed by atoms with Gasteiger partial charge in [-0.2, -0.15) is 8.42 Å². The van der Waals surface area contributed by atoms with Crippen molar-refractivity contribution in [2.24, 2.45) is 0 Å². The van der Waals surface area contributed by atoms with Gasteiger partial charge in [0.1, 0.15) is 4.90 Å². The van der Waals surface area contributed by atoms with Gasteiger partial charge in [-0.25, -0.2) is 0 Å². The molecule has 0 aliphatic heterocycles. The maximum Gasteiger partial charge on any atom is 0.358 e. The Hall–Kier alpha value is -1.53. The summed E-state index contributed by atoms with van der Waals surface area (Å²) < 4.78 is 28.1. The van der Waals surface area contributed by atoms with Gasteiger partial charge in [-0.1, -0.05) is 34.6 Å². The van der Waals surface area contributed by atoms with Crippen LogP contribution >= 0.6 is 11.6 Å². The molecule has 0 N–H and O–H groups in total. The van der Waals surface area contributed by atoms with Gasteiger partial charge in [-0.3, -0.25) is 4.28 Å². The highest BCUT2D eigenvalue weighted by Crippen LogP contribution is 2.10. The lowest BCUT2D eigenvalue weighted by atomic mass is 10.4. The molecule has 1 aromatic heterocycles. The molecule has 0 saturated carbocycles. The molecule has 0 aliphatic rings. The summed E-state index contributed by atoms with van der Waals surface area (Å²) in [7, 11) is -3.86. The van der Waals surface area contributed by atoms with E-state index in [0.717, 1.165) is 4.85 Å². The monoisotopic (exact) mass is 258 g/mol. The van der Waals surface area contributed by atoms with Gasteiger partial charge in [0.2, 0.25) is 0 Å². The first-order valence-corrected chi connectivity index (χ1v) is 6.07. The van der Waals surface area contributed by atoms with Gasteiger partial charge < -0.3 is 0 Å². The SMILES string of the molecule is O=S(=O)(On1cc(Cl)cn1)c1ccccc1. The smallest absolute Gasteiger partial charge is 0.266 e. The normalized spacial score (nSPS) is 11.3. The van der Waals surface area contributed by atoms with Crippen LogP contribution < -0.4 is 4.28 Å². The van der Waals surface area contributed by atoms with Crippen molar-refractivity contribution in [1.82, 2.24) is 9.94 Å². The molecule has 84 valence electrons. The highest BCUT2D eigenvalue weighted by molar-refractivity contribution is 7.87. The van der Waals surface area contributed by atoms with Gasteiger partial charge >= 0.3 is 10.1 Å². The second kappa shape index (κ2) is 4.15. The van der Waals surface area contributed by atoms with Crippen molar-refractivity contribution in [2.45, 2.75) is 4.90 Å². The third-order valence-corrected chi connectivity index (χ3v) is 3.13. The van der Waals surface area contributed by atoms with Gasteiger partial charge in [0, 0.05) is 0 Å². The molecule has 0 bridgehead atoms. The number of halogens is 1. The van der Waals surface area contributed by atoms with Crippen LogP contribution in [0.15, 0.2) is 47.6 Å². The minimum Gasteiger partial charge on any atom is -0.266 e. The number of rotatable bonds is 3. The van der Waals surface area contributed by atoms with E-state index in [0.29, 0.717) is 5.02 Å². The molecule has 0 aliphatic carbocycles. The van der Waals surface area contributed by atoms with Gasteiger partial charge in [0.15, 0.2) is 0 Å². The van der Waals surface area contributed by atoms with Crippen molar-refractivity contribution in [2.75, 3.05) is 0 Å². The molecule has 0 spiro atoms. The molecule has 0 unspecified atom stereocenters. The number of benzene rings is 1. The maximum absolute atomic E-state index is 11.7. The van der Waals surface area contributed by atoms with Crippen molar-refractivity contribution >= 4 is 21.7 Å². The second-order valence-corrected chi connectivity index (χ2v) is 4.87. The Labute approximate surface area is 97.3 Å². The number of hydrogen-bond acceptors (Lipinski definition) is 4. The fourth-order valence-corrected chi connectivity index (χ4v) is 2.04. The van der Waals surface area contributed by atoms with E-state index in [1.165, 1.54) is 24.5 Å². The Morgan fingerprint density at radius 1 is 1.25 bits per heavy atom. The largest absolute Gasteiger partial charge is 0.358 e. The molecule has 2 aromatic rings. The first kappa shape index (κ1) is 11.0. The van der Waals surface area contributed by atoms with E-state index in [1.807, 2.05) is 0 Å². The summed E-state index contributed by atoms with van der Waals surface area (Å²) in [5, 5.41) is 3.90. The van der Waals surface area contributed by atoms with Gasteiger partial charge in [0.05, 0.1) is 17.4 Å². The minimum atomic E-state index is -3.86. The molecule has 7 heteroatoms. The molecule has 0 amide bonds. The van der Waals surface area contributed by atoms with E-state index < -0.39 is 10.1 Å². The van der Waals surface area contributed by atoms with Crippen LogP contribution in [0.4, 0.5) is 0 Å². The van der Waals surface area contributed by atoms with Crippen molar-refractivity contribution in [3.63, 3.8) is 0 Å². The summed E-state index contributed by atoms with van der Waals surface area (Å²) >= 11 is 5.58. The lowest BCUT2D eigenvalue weighted by Gasteiger charge is -2.04. The van der Waals surface area contributed by atoms with Gasteiger partial charge in [-0.05, 0) is 12.1 Å². The van der Waals surface area contributed by atoms with Crippen LogP contribution in [-0.4, -0.2) is 18.4 Å². The third kappa shape index (κ3) is 2.34. The van der Waals surface area contributed by atoms with E-state index >= 15 is 0 Å². The van der Waals surface area contributed by atoms with Crippen LogP contribution in [0.5, 0.6) is 0 Å². The molecule has 16 heavy (non-hydrogen) atoms. The molecule has 2 rings (SSSR count). The number of nitrogens with zero attached hydrogens (tertiary/aromatic N) is 2. The zero-order valence-corrected chi connectivity index (χ0v) is 9.52. The Kier molecular flexibility index (Phi) is 2.84. The summed E-state index contributed by atoms with van der Waals surface area (Å²) in [6.45, 7) is 0. The van der Waals surface area contributed by atoms with E-state index in [4.69, 9.17) is 15.9 Å². The topological polar surface area (TPSA) is 61.2 Å². The molecule has 0 saturated heterocycles. The van der Waals surface area contributed by atoms with Crippen LogP contribution in [0.2, 0.25) is 5.02 Å². The van der Waals surface area contributed by atoms with Crippen LogP contribution in [0.1, 0.15) is 0 Å². The molecule has 0 atom stereocenters. The minimum absolute atomic E-state index is 0.0571. The van der Waals surface area contributed by atoms with E-state index in [9.17, 15) is 8.42 Å². The molecule has 1 heterocycles. The highest BCUT2D eigenvalue weighted by Gasteiger charge is 2.16. The Morgan fingerprint density at radius 3 is 2.50 bits per heavy atom. The first-order chi connectivity index (χ1) is 7.58. The van der Waals surface area contributed by atoms with E-state index in [2.05, 4.69) is 5.10 Å². The van der Waals surface area contributed by atoms with Crippen LogP contribution in [0.25, 0.3) is 0 Å². The summed E-state index contributed by atoms with van der Waals surface area (Å²) in [6, 6.07) is 7.78. The number of aromatic nitrogens is 2. The van der Waals surface area contributed by atoms with Crippen molar-refractivity contribution < 1.29 is 12.7 Å². The Morgan fingerprint density at radius 2 is 1.94 bits per heavy atom. The van der Waals surface area contributed by atoms with E-state index in [1.54, 1.807) is 18.2 Å². The fraction of sp³-hybridized carbons (Fsp3) is 0. The van der Waals surface area contributed by atoms with E-state index in [-0.39, 0.29) is 4.90 Å². The molecular formula is C9H7ClN2O3S. The van der Waals surface area contributed by atoms with Crippen LogP contribution in [-0.2, 0) is 10.1 Å². The summed E-state index contributed by atoms with van der Waals surface area (Å²) in [6.07, 6.45) is 2.53. The molecule has 0 radical (unpaired) electrons. The third-order valence-electron chi connectivity index (χ3n) is 1.74. The zero-order chi connectivity index (χ0) is 11.6. The van der Waals surface area contributed by atoms with Crippen LogP contribution in [0, 0.1) is 0 Å². The lowest BCUT2D eigenvalue weighted by Crippen LogP contribution is -2.20. The molecule has 0 fully saturated rings. The van der Waals surface area contributed by atoms with Gasteiger partial charge in [-0.15, -0.1) is 5.10 Å². The highest BCUT2D eigenvalue weighted by atomic mass is 35.5. The Bertz CT molecular complexity index is 580. The zero-order valence-electron chi connectivity index (χ0n) is 7.95. The summed E-state index contributed by atoms with van der Waals surface area (Å²) in [5.74, 6) is 0. The first-order valence-electron chi connectivity index (χ1n) is 4.28. The van der Waals surface area contributed by atoms with Crippen molar-refractivity contribution in [1.29, 1.82) is 0 Å². The van der Waals surface area contributed by atoms with Gasteiger partial charge in [0.25, 0.3) is 0 Å². The summed E-state index contributed by atoms with van der Waals surface area (Å²) in [4.78, 5) is 0.853. The Balaban J connectivity index is 2.28. The van der Waals surface area contributed by atoms with Crippen LogP contribution in [0.3, 0.4) is 0 Å². The molecule has 1 aromatic carbocycles. The molecular weight excluding hydrogens is 252 g/mol. The molecule has 5 nitrogen and oxygen atoms in total. The standard InChI is InChI=1S/C9H7ClN2O3S/c10-8-6-11-12(7-8)15-16(13,14)9-4-2-1-3-5-9/h1-7H. The average Bonchev–Trinajstić information content (AvgIpc) is 2.64. The quantitative estimate of drug-likeness (QED) is 0.834. The maximum atomic E-state index is 11.7.